The van der Waals surface area contributed by atoms with Gasteiger partial charge in [0, 0.05) is 13.8 Å². The third-order valence-corrected chi connectivity index (χ3v) is 1.72. The second-order valence-corrected chi connectivity index (χ2v) is 3.08. The Morgan fingerprint density at radius 1 is 1.20 bits per heavy atom. The van der Waals surface area contributed by atoms with Gasteiger partial charge in [0.1, 0.15) is 12.7 Å². The smallest absolute Gasteiger partial charge is 0.310 e. The highest BCUT2D eigenvalue weighted by Gasteiger charge is 2.27. The van der Waals surface area contributed by atoms with Crippen LogP contribution >= 0.6 is 0 Å². The first-order chi connectivity index (χ1) is 6.84. The van der Waals surface area contributed by atoms with Gasteiger partial charge in [0.05, 0.1) is 5.92 Å². The van der Waals surface area contributed by atoms with E-state index >= 15 is 0 Å². The molecule has 0 fully saturated rings. The molecule has 0 saturated heterocycles. The van der Waals surface area contributed by atoms with Gasteiger partial charge in [-0.15, -0.1) is 0 Å². The molecule has 15 heavy (non-hydrogen) atoms. The van der Waals surface area contributed by atoms with Crippen molar-refractivity contribution in [1.29, 1.82) is 0 Å². The normalized spacial score (nSPS) is 13.8. The first-order valence-electron chi connectivity index (χ1n) is 4.38. The van der Waals surface area contributed by atoms with E-state index in [4.69, 9.17) is 9.84 Å². The van der Waals surface area contributed by atoms with Crippen LogP contribution in [0.15, 0.2) is 0 Å². The van der Waals surface area contributed by atoms with Crippen LogP contribution in [0.5, 0.6) is 0 Å². The Bertz CT molecular complexity index is 259. The van der Waals surface area contributed by atoms with Gasteiger partial charge in [-0.05, 0) is 6.92 Å². The number of carboxylic acid groups (broad SMARTS) is 1. The minimum absolute atomic E-state index is 0.248. The van der Waals surface area contributed by atoms with Gasteiger partial charge in [-0.1, -0.05) is 0 Å². The summed E-state index contributed by atoms with van der Waals surface area (Å²) in [6, 6.07) is 0. The zero-order valence-corrected chi connectivity index (χ0v) is 8.85. The SMILES string of the molecule is CC(=O)OCC(OC(C)=O)C(C)C(=O)O. The van der Waals surface area contributed by atoms with Gasteiger partial charge < -0.3 is 14.6 Å². The maximum Gasteiger partial charge on any atom is 0.310 e. The molecule has 6 nitrogen and oxygen atoms in total. The van der Waals surface area contributed by atoms with E-state index in [1.165, 1.54) is 13.8 Å². The van der Waals surface area contributed by atoms with Crippen LogP contribution < -0.4 is 0 Å². The molecular formula is C9H14O6. The van der Waals surface area contributed by atoms with E-state index in [1.807, 2.05) is 0 Å². The first-order valence-corrected chi connectivity index (χ1v) is 4.38. The molecule has 86 valence electrons. The molecule has 0 aromatic carbocycles. The summed E-state index contributed by atoms with van der Waals surface area (Å²) in [6.45, 7) is 3.48. The summed E-state index contributed by atoms with van der Waals surface area (Å²) in [5.74, 6) is -3.20. The highest BCUT2D eigenvalue weighted by atomic mass is 16.6. The molecule has 0 aromatic rings. The monoisotopic (exact) mass is 218 g/mol. The summed E-state index contributed by atoms with van der Waals surface area (Å²) in [6.07, 6.45) is -0.955. The van der Waals surface area contributed by atoms with E-state index in [9.17, 15) is 14.4 Å². The number of aliphatic carboxylic acids is 1. The van der Waals surface area contributed by atoms with Crippen LogP contribution in [0.1, 0.15) is 20.8 Å². The number of ether oxygens (including phenoxy) is 2. The molecule has 0 amide bonds. The highest BCUT2D eigenvalue weighted by Crippen LogP contribution is 2.09. The molecule has 0 aromatic heterocycles. The van der Waals surface area contributed by atoms with E-state index in [-0.39, 0.29) is 6.61 Å². The van der Waals surface area contributed by atoms with Crippen molar-refractivity contribution in [2.24, 2.45) is 5.92 Å². The maximum atomic E-state index is 10.7. The van der Waals surface area contributed by atoms with Crippen molar-refractivity contribution in [3.05, 3.63) is 0 Å². The molecule has 0 heterocycles. The Labute approximate surface area is 87.2 Å². The topological polar surface area (TPSA) is 89.9 Å². The Morgan fingerprint density at radius 2 is 1.73 bits per heavy atom. The average Bonchev–Trinajstić information content (AvgIpc) is 2.10. The quantitative estimate of drug-likeness (QED) is 0.663. The fourth-order valence-electron chi connectivity index (χ4n) is 0.852. The summed E-state index contributed by atoms with van der Waals surface area (Å²) in [5.41, 5.74) is 0. The van der Waals surface area contributed by atoms with Gasteiger partial charge in [-0.3, -0.25) is 14.4 Å². The Balaban J connectivity index is 4.36. The first kappa shape index (κ1) is 13.4. The van der Waals surface area contributed by atoms with Crippen molar-refractivity contribution in [2.45, 2.75) is 26.9 Å². The molecule has 6 heteroatoms. The Morgan fingerprint density at radius 3 is 2.07 bits per heavy atom. The molecular weight excluding hydrogens is 204 g/mol. The van der Waals surface area contributed by atoms with Gasteiger partial charge in [0.2, 0.25) is 0 Å². The van der Waals surface area contributed by atoms with Gasteiger partial charge in [-0.2, -0.15) is 0 Å². The number of carbonyl (C=O) groups is 3. The number of hydrogen-bond donors (Lipinski definition) is 1. The molecule has 2 unspecified atom stereocenters. The zero-order valence-electron chi connectivity index (χ0n) is 8.85. The highest BCUT2D eigenvalue weighted by molar-refractivity contribution is 5.72. The van der Waals surface area contributed by atoms with Crippen molar-refractivity contribution in [3.63, 3.8) is 0 Å². The lowest BCUT2D eigenvalue weighted by atomic mass is 10.1. The lowest BCUT2D eigenvalue weighted by Crippen LogP contribution is -2.34. The number of rotatable bonds is 5. The van der Waals surface area contributed by atoms with E-state index in [2.05, 4.69) is 4.74 Å². The number of hydrogen-bond acceptors (Lipinski definition) is 5. The molecule has 1 N–H and O–H groups in total. The molecule has 2 atom stereocenters. The molecule has 0 aliphatic rings. The maximum absolute atomic E-state index is 10.7. The Hall–Kier alpha value is -1.59. The summed E-state index contributed by atoms with van der Waals surface area (Å²) in [4.78, 5) is 31.8. The molecule has 0 radical (unpaired) electrons. The summed E-state index contributed by atoms with van der Waals surface area (Å²) >= 11 is 0. The van der Waals surface area contributed by atoms with E-state index in [0.29, 0.717) is 0 Å². The molecule has 0 bridgehead atoms. The average molecular weight is 218 g/mol. The van der Waals surface area contributed by atoms with Gasteiger partial charge in [0.15, 0.2) is 0 Å². The second kappa shape index (κ2) is 6.00. The van der Waals surface area contributed by atoms with Crippen molar-refractivity contribution in [2.75, 3.05) is 6.61 Å². The minimum Gasteiger partial charge on any atom is -0.481 e. The summed E-state index contributed by atoms with van der Waals surface area (Å²) in [7, 11) is 0. The predicted molar refractivity (Wildman–Crippen MR) is 49.0 cm³/mol. The third-order valence-electron chi connectivity index (χ3n) is 1.72. The van der Waals surface area contributed by atoms with E-state index < -0.39 is 29.9 Å². The summed E-state index contributed by atoms with van der Waals surface area (Å²) < 4.78 is 9.32. The van der Waals surface area contributed by atoms with E-state index in [1.54, 1.807) is 0 Å². The van der Waals surface area contributed by atoms with Crippen LogP contribution in [-0.4, -0.2) is 35.7 Å². The molecule has 0 aliphatic carbocycles. The van der Waals surface area contributed by atoms with Gasteiger partial charge in [0.25, 0.3) is 0 Å². The van der Waals surface area contributed by atoms with Gasteiger partial charge in [-0.25, -0.2) is 0 Å². The van der Waals surface area contributed by atoms with Crippen LogP contribution in [0, 0.1) is 5.92 Å². The van der Waals surface area contributed by atoms with Crippen LogP contribution in [0.2, 0.25) is 0 Å². The lowest BCUT2D eigenvalue weighted by Gasteiger charge is -2.19. The number of carbonyl (C=O) groups excluding carboxylic acids is 2. The zero-order chi connectivity index (χ0) is 12.0. The molecule has 0 aliphatic heterocycles. The Kier molecular flexibility index (Phi) is 5.36. The largest absolute Gasteiger partial charge is 0.481 e. The third kappa shape index (κ3) is 5.66. The fraction of sp³-hybridized carbons (Fsp3) is 0.667. The number of esters is 2. The molecule has 0 rings (SSSR count). The van der Waals surface area contributed by atoms with Crippen molar-refractivity contribution >= 4 is 17.9 Å². The standard InChI is InChI=1S/C9H14O6/c1-5(9(12)13)8(15-7(3)11)4-14-6(2)10/h5,8H,4H2,1-3H3,(H,12,13). The van der Waals surface area contributed by atoms with Crippen LogP contribution in [0.3, 0.4) is 0 Å². The van der Waals surface area contributed by atoms with Crippen LogP contribution in [0.4, 0.5) is 0 Å². The van der Waals surface area contributed by atoms with Crippen molar-refractivity contribution in [1.82, 2.24) is 0 Å². The van der Waals surface area contributed by atoms with Gasteiger partial charge >= 0.3 is 17.9 Å². The summed E-state index contributed by atoms with van der Waals surface area (Å²) in [5, 5.41) is 8.70. The van der Waals surface area contributed by atoms with Crippen LogP contribution in [-0.2, 0) is 23.9 Å². The van der Waals surface area contributed by atoms with Crippen molar-refractivity contribution in [3.8, 4) is 0 Å². The van der Waals surface area contributed by atoms with E-state index in [0.717, 1.165) is 6.92 Å². The molecule has 0 spiro atoms. The molecule has 0 saturated carbocycles. The number of carboxylic acids is 1. The lowest BCUT2D eigenvalue weighted by molar-refractivity contribution is -0.165. The van der Waals surface area contributed by atoms with Crippen LogP contribution in [0.25, 0.3) is 0 Å². The van der Waals surface area contributed by atoms with Crippen molar-refractivity contribution < 1.29 is 29.0 Å². The second-order valence-electron chi connectivity index (χ2n) is 3.08. The fourth-order valence-corrected chi connectivity index (χ4v) is 0.852. The minimum atomic E-state index is -1.12. The predicted octanol–water partition coefficient (Wildman–Crippen LogP) is 0.202.